The predicted molar refractivity (Wildman–Crippen MR) is 106 cm³/mol. The molecule has 0 saturated carbocycles. The summed E-state index contributed by atoms with van der Waals surface area (Å²) in [5, 5.41) is 14.0. The van der Waals surface area contributed by atoms with Crippen LogP contribution in [0.1, 0.15) is 28.8 Å². The Balaban J connectivity index is 1.59. The minimum Gasteiger partial charge on any atom is -0.497 e. The van der Waals surface area contributed by atoms with E-state index < -0.39 is 5.82 Å². The lowest BCUT2D eigenvalue weighted by atomic mass is 9.74. The molecular weight excluding hydrogens is 389 g/mol. The van der Waals surface area contributed by atoms with Crippen LogP contribution in [0.5, 0.6) is 5.75 Å². The quantitative estimate of drug-likeness (QED) is 0.669. The van der Waals surface area contributed by atoms with Crippen LogP contribution in [-0.2, 0) is 10.2 Å². The fraction of sp³-hybridized carbons (Fsp3) is 0.333. The zero-order valence-electron chi connectivity index (χ0n) is 16.5. The van der Waals surface area contributed by atoms with Crippen molar-refractivity contribution in [1.29, 1.82) is 0 Å². The van der Waals surface area contributed by atoms with Crippen molar-refractivity contribution in [1.82, 2.24) is 25.5 Å². The van der Waals surface area contributed by atoms with Crippen LogP contribution in [0, 0.1) is 5.82 Å². The van der Waals surface area contributed by atoms with Crippen LogP contribution in [-0.4, -0.2) is 53.0 Å². The van der Waals surface area contributed by atoms with Gasteiger partial charge in [0.1, 0.15) is 17.9 Å². The molecule has 0 aliphatic carbocycles. The number of rotatable bonds is 6. The van der Waals surface area contributed by atoms with Crippen molar-refractivity contribution in [2.45, 2.75) is 18.3 Å². The first kappa shape index (κ1) is 20.0. The molecule has 1 saturated heterocycles. The van der Waals surface area contributed by atoms with Crippen molar-refractivity contribution >= 4 is 5.91 Å². The van der Waals surface area contributed by atoms with Gasteiger partial charge < -0.3 is 14.8 Å². The summed E-state index contributed by atoms with van der Waals surface area (Å²) < 4.78 is 26.0. The number of methoxy groups -OCH3 is 1. The molecule has 0 atom stereocenters. The molecule has 0 bridgehead atoms. The number of ether oxygens (including phenoxy) is 2. The molecule has 0 radical (unpaired) electrons. The molecule has 0 unspecified atom stereocenters. The number of aromatic nitrogens is 4. The molecule has 4 rings (SSSR count). The summed E-state index contributed by atoms with van der Waals surface area (Å²) in [6.45, 7) is 1.61. The number of nitrogens with one attached hydrogen (secondary N) is 1. The molecule has 9 heteroatoms. The number of benzene rings is 2. The highest BCUT2D eigenvalue weighted by Gasteiger charge is 2.35. The Morgan fingerprint density at radius 1 is 1.23 bits per heavy atom. The second-order valence-electron chi connectivity index (χ2n) is 7.22. The molecule has 1 aromatic heterocycles. The third-order valence-corrected chi connectivity index (χ3v) is 5.54. The lowest BCUT2D eigenvalue weighted by Gasteiger charge is -2.38. The van der Waals surface area contributed by atoms with Crippen molar-refractivity contribution < 1.29 is 18.7 Å². The summed E-state index contributed by atoms with van der Waals surface area (Å²) in [5.41, 5.74) is 1.40. The van der Waals surface area contributed by atoms with Crippen molar-refractivity contribution in [3.05, 3.63) is 65.7 Å². The second kappa shape index (κ2) is 8.58. The number of carbonyl (C=O) groups excluding carboxylic acids is 1. The van der Waals surface area contributed by atoms with E-state index in [2.05, 4.69) is 20.8 Å². The Bertz CT molecular complexity index is 1000. The van der Waals surface area contributed by atoms with Gasteiger partial charge in [-0.05, 0) is 59.2 Å². The number of hydrogen-bond donors (Lipinski definition) is 1. The summed E-state index contributed by atoms with van der Waals surface area (Å²) in [6.07, 6.45) is 2.90. The Morgan fingerprint density at radius 2 is 2.00 bits per heavy atom. The van der Waals surface area contributed by atoms with Crippen molar-refractivity contribution in [2.75, 3.05) is 26.9 Å². The number of nitrogens with zero attached hydrogens (tertiary/aromatic N) is 4. The molecule has 1 amide bonds. The van der Waals surface area contributed by atoms with E-state index in [4.69, 9.17) is 9.47 Å². The molecular formula is C21H22FN5O3. The van der Waals surface area contributed by atoms with Crippen LogP contribution in [0.2, 0.25) is 0 Å². The average Bonchev–Trinajstić information content (AvgIpc) is 3.33. The van der Waals surface area contributed by atoms with Gasteiger partial charge in [0.05, 0.1) is 18.4 Å². The van der Waals surface area contributed by atoms with E-state index in [1.54, 1.807) is 7.11 Å². The standard InChI is InChI=1S/C21H22FN5O3/c1-29-17-5-2-15(3-6-17)21(8-10-30-11-9-21)13-23-20(28)18-12-16(22)4-7-19(18)27-14-24-25-26-27/h2-7,12,14H,8-11,13H2,1H3,(H,23,28). The monoisotopic (exact) mass is 411 g/mol. The Hall–Kier alpha value is -3.33. The van der Waals surface area contributed by atoms with Crippen LogP contribution in [0.3, 0.4) is 0 Å². The molecule has 1 N–H and O–H groups in total. The first-order valence-electron chi connectivity index (χ1n) is 9.65. The van der Waals surface area contributed by atoms with Crippen LogP contribution < -0.4 is 10.1 Å². The van der Waals surface area contributed by atoms with Crippen LogP contribution >= 0.6 is 0 Å². The molecule has 2 aromatic carbocycles. The smallest absolute Gasteiger partial charge is 0.253 e. The lowest BCUT2D eigenvalue weighted by molar-refractivity contribution is 0.0487. The van der Waals surface area contributed by atoms with Gasteiger partial charge in [0.25, 0.3) is 5.91 Å². The molecule has 2 heterocycles. The fourth-order valence-corrected chi connectivity index (χ4v) is 3.78. The molecule has 1 fully saturated rings. The molecule has 156 valence electrons. The highest BCUT2D eigenvalue weighted by molar-refractivity contribution is 5.97. The Kier molecular flexibility index (Phi) is 5.71. The van der Waals surface area contributed by atoms with Gasteiger partial charge >= 0.3 is 0 Å². The third kappa shape index (κ3) is 4.02. The zero-order valence-corrected chi connectivity index (χ0v) is 16.5. The van der Waals surface area contributed by atoms with Crippen LogP contribution in [0.15, 0.2) is 48.8 Å². The summed E-state index contributed by atoms with van der Waals surface area (Å²) in [5.74, 6) is -0.122. The fourth-order valence-electron chi connectivity index (χ4n) is 3.78. The predicted octanol–water partition coefficient (Wildman–Crippen LogP) is 2.29. The Labute approximate surface area is 173 Å². The number of tetrazole rings is 1. The van der Waals surface area contributed by atoms with E-state index in [9.17, 15) is 9.18 Å². The van der Waals surface area contributed by atoms with Crippen molar-refractivity contribution in [2.24, 2.45) is 0 Å². The topological polar surface area (TPSA) is 91.2 Å². The zero-order chi connectivity index (χ0) is 21.0. The van der Waals surface area contributed by atoms with E-state index in [0.29, 0.717) is 25.4 Å². The maximum Gasteiger partial charge on any atom is 0.253 e. The SMILES string of the molecule is COc1ccc(C2(CNC(=O)c3cc(F)ccc3-n3cnnn3)CCOCC2)cc1. The summed E-state index contributed by atoms with van der Waals surface area (Å²) >= 11 is 0. The number of halogens is 1. The van der Waals surface area contributed by atoms with Crippen LogP contribution in [0.4, 0.5) is 4.39 Å². The van der Waals surface area contributed by atoms with E-state index in [0.717, 1.165) is 24.2 Å². The van der Waals surface area contributed by atoms with Gasteiger partial charge in [0.2, 0.25) is 0 Å². The average molecular weight is 411 g/mol. The number of amides is 1. The highest BCUT2D eigenvalue weighted by Crippen LogP contribution is 2.35. The first-order chi connectivity index (χ1) is 14.6. The molecule has 8 nitrogen and oxygen atoms in total. The van der Waals surface area contributed by atoms with E-state index in [1.807, 2.05) is 24.3 Å². The maximum atomic E-state index is 13.9. The van der Waals surface area contributed by atoms with Gasteiger partial charge in [-0.2, -0.15) is 4.68 Å². The van der Waals surface area contributed by atoms with Gasteiger partial charge in [-0.1, -0.05) is 12.1 Å². The molecule has 1 aliphatic rings. The minimum absolute atomic E-state index is 0.166. The molecule has 1 aliphatic heterocycles. The van der Waals surface area contributed by atoms with Gasteiger partial charge in [-0.15, -0.1) is 5.10 Å². The summed E-state index contributed by atoms with van der Waals surface area (Å²) in [4.78, 5) is 13.0. The van der Waals surface area contributed by atoms with Gasteiger partial charge in [0.15, 0.2) is 0 Å². The Morgan fingerprint density at radius 3 is 2.67 bits per heavy atom. The van der Waals surface area contributed by atoms with Gasteiger partial charge in [0, 0.05) is 25.2 Å². The molecule has 0 spiro atoms. The van der Waals surface area contributed by atoms with Crippen LogP contribution in [0.25, 0.3) is 5.69 Å². The third-order valence-electron chi connectivity index (χ3n) is 5.54. The highest BCUT2D eigenvalue weighted by atomic mass is 19.1. The normalized spacial score (nSPS) is 15.5. The lowest BCUT2D eigenvalue weighted by Crippen LogP contribution is -2.44. The number of hydrogen-bond acceptors (Lipinski definition) is 6. The summed E-state index contributed by atoms with van der Waals surface area (Å²) in [6, 6.07) is 11.8. The minimum atomic E-state index is -0.507. The summed E-state index contributed by atoms with van der Waals surface area (Å²) in [7, 11) is 1.63. The van der Waals surface area contributed by atoms with E-state index in [-0.39, 0.29) is 16.9 Å². The largest absolute Gasteiger partial charge is 0.497 e. The number of carbonyl (C=O) groups is 1. The molecule has 3 aromatic rings. The van der Waals surface area contributed by atoms with E-state index in [1.165, 1.54) is 29.2 Å². The first-order valence-corrected chi connectivity index (χ1v) is 9.65. The maximum absolute atomic E-state index is 13.9. The van der Waals surface area contributed by atoms with Gasteiger partial charge in [-0.3, -0.25) is 4.79 Å². The van der Waals surface area contributed by atoms with E-state index >= 15 is 0 Å². The van der Waals surface area contributed by atoms with Crippen molar-refractivity contribution in [3.8, 4) is 11.4 Å². The molecule has 30 heavy (non-hydrogen) atoms. The van der Waals surface area contributed by atoms with Gasteiger partial charge in [-0.25, -0.2) is 4.39 Å². The second-order valence-corrected chi connectivity index (χ2v) is 7.22. The van der Waals surface area contributed by atoms with Crippen molar-refractivity contribution in [3.63, 3.8) is 0 Å².